The Morgan fingerprint density at radius 1 is 1.24 bits per heavy atom. The lowest BCUT2D eigenvalue weighted by Crippen LogP contribution is -2.40. The Labute approximate surface area is 144 Å². The van der Waals surface area contributed by atoms with Crippen LogP contribution in [0.4, 0.5) is 0 Å². The molecule has 0 amide bonds. The number of hydrogen-bond donors (Lipinski definition) is 2. The van der Waals surface area contributed by atoms with Crippen LogP contribution in [0.3, 0.4) is 0 Å². The highest BCUT2D eigenvalue weighted by Crippen LogP contribution is 2.35. The van der Waals surface area contributed by atoms with Gasteiger partial charge in [-0.15, -0.1) is 0 Å². The zero-order valence-corrected chi connectivity index (χ0v) is 16.3. The molecule has 2 N–H and O–H groups in total. The number of nitrogens with one attached hydrogen (secondary N) is 1. The largest absolute Gasteiger partial charge is 0.492 e. The van der Waals surface area contributed by atoms with Gasteiger partial charge in [0.15, 0.2) is 0 Å². The molecule has 21 heavy (non-hydrogen) atoms. The van der Waals surface area contributed by atoms with E-state index >= 15 is 0 Å². The fourth-order valence-corrected chi connectivity index (χ4v) is 3.72. The Morgan fingerprint density at radius 2 is 1.81 bits per heavy atom. The molecule has 1 aromatic carbocycles. The normalized spacial score (nSPS) is 13.3. The molecule has 1 rings (SSSR count). The number of rotatable bonds is 7. The predicted molar refractivity (Wildman–Crippen MR) is 94.8 cm³/mol. The van der Waals surface area contributed by atoms with E-state index in [1.54, 1.807) is 0 Å². The lowest BCUT2D eigenvalue weighted by atomic mass is 9.85. The van der Waals surface area contributed by atoms with Crippen LogP contribution in [0.5, 0.6) is 5.75 Å². The molecule has 0 saturated carbocycles. The van der Waals surface area contributed by atoms with Crippen LogP contribution in [-0.2, 0) is 6.54 Å². The highest BCUT2D eigenvalue weighted by molar-refractivity contribution is 9.11. The Morgan fingerprint density at radius 3 is 2.24 bits per heavy atom. The molecule has 5 heteroatoms. The standard InChI is InChI=1S/C16H25Br2NO2/c1-5-21-15-12(17)8-11(9-13(15)18)10-19-14(6-7-20)16(2,3)4/h8-9,14,19-20H,5-7,10H2,1-4H3. The van der Waals surface area contributed by atoms with Crippen LogP contribution in [0, 0.1) is 5.41 Å². The summed E-state index contributed by atoms with van der Waals surface area (Å²) in [7, 11) is 0. The Balaban J connectivity index is 2.79. The van der Waals surface area contributed by atoms with Gasteiger partial charge in [-0.3, -0.25) is 0 Å². The third kappa shape index (κ3) is 5.89. The summed E-state index contributed by atoms with van der Waals surface area (Å²) in [6.45, 7) is 10.1. The van der Waals surface area contributed by atoms with Crippen molar-refractivity contribution >= 4 is 31.9 Å². The number of benzene rings is 1. The molecule has 0 heterocycles. The molecule has 1 aromatic rings. The fraction of sp³-hybridized carbons (Fsp3) is 0.625. The molecule has 0 spiro atoms. The minimum Gasteiger partial charge on any atom is -0.492 e. The average Bonchev–Trinajstić information content (AvgIpc) is 2.37. The van der Waals surface area contributed by atoms with Gasteiger partial charge in [0.05, 0.1) is 15.6 Å². The first-order chi connectivity index (χ1) is 9.79. The number of hydrogen-bond acceptors (Lipinski definition) is 3. The van der Waals surface area contributed by atoms with Crippen LogP contribution in [0.25, 0.3) is 0 Å². The molecule has 1 unspecified atom stereocenters. The number of halogens is 2. The molecule has 3 nitrogen and oxygen atoms in total. The first kappa shape index (κ1) is 18.9. The van der Waals surface area contributed by atoms with Gasteiger partial charge in [0.2, 0.25) is 0 Å². The molecule has 0 bridgehead atoms. The molecule has 0 radical (unpaired) electrons. The number of ether oxygens (including phenoxy) is 1. The predicted octanol–water partition coefficient (Wildman–Crippen LogP) is 4.50. The van der Waals surface area contributed by atoms with Crippen LogP contribution < -0.4 is 10.1 Å². The Hall–Kier alpha value is -0.100. The van der Waals surface area contributed by atoms with E-state index in [-0.39, 0.29) is 18.1 Å². The van der Waals surface area contributed by atoms with Gasteiger partial charge in [0.1, 0.15) is 5.75 Å². The van der Waals surface area contributed by atoms with Gasteiger partial charge >= 0.3 is 0 Å². The monoisotopic (exact) mass is 421 g/mol. The van der Waals surface area contributed by atoms with Crippen molar-refractivity contribution in [2.75, 3.05) is 13.2 Å². The van der Waals surface area contributed by atoms with Crippen molar-refractivity contribution in [1.29, 1.82) is 0 Å². The Kier molecular flexibility index (Phi) is 7.68. The third-order valence-corrected chi connectivity index (χ3v) is 4.54. The van der Waals surface area contributed by atoms with E-state index < -0.39 is 0 Å². The van der Waals surface area contributed by atoms with Crippen LogP contribution >= 0.6 is 31.9 Å². The highest BCUT2D eigenvalue weighted by Gasteiger charge is 2.23. The third-order valence-electron chi connectivity index (χ3n) is 3.36. The molecule has 120 valence electrons. The second-order valence-corrected chi connectivity index (χ2v) is 7.84. The van der Waals surface area contributed by atoms with Crippen LogP contribution in [0.15, 0.2) is 21.1 Å². The maximum atomic E-state index is 9.21. The minimum absolute atomic E-state index is 0.114. The van der Waals surface area contributed by atoms with Gasteiger partial charge in [0, 0.05) is 19.2 Å². The van der Waals surface area contributed by atoms with Crippen molar-refractivity contribution in [1.82, 2.24) is 5.32 Å². The molecule has 0 aliphatic heterocycles. The van der Waals surface area contributed by atoms with Gasteiger partial charge in [0.25, 0.3) is 0 Å². The average molecular weight is 423 g/mol. The van der Waals surface area contributed by atoms with Crippen molar-refractivity contribution in [2.24, 2.45) is 5.41 Å². The summed E-state index contributed by atoms with van der Waals surface area (Å²) in [4.78, 5) is 0. The minimum atomic E-state index is 0.114. The summed E-state index contributed by atoms with van der Waals surface area (Å²) in [5.74, 6) is 0.837. The van der Waals surface area contributed by atoms with Crippen LogP contribution in [0.2, 0.25) is 0 Å². The van der Waals surface area contributed by atoms with E-state index in [9.17, 15) is 5.11 Å². The first-order valence-electron chi connectivity index (χ1n) is 7.24. The summed E-state index contributed by atoms with van der Waals surface area (Å²) >= 11 is 7.11. The van der Waals surface area contributed by atoms with E-state index in [0.29, 0.717) is 6.61 Å². The second-order valence-electron chi connectivity index (χ2n) is 6.13. The number of aliphatic hydroxyl groups excluding tert-OH is 1. The van der Waals surface area contributed by atoms with Crippen molar-refractivity contribution < 1.29 is 9.84 Å². The summed E-state index contributed by atoms with van der Waals surface area (Å²) < 4.78 is 7.49. The van der Waals surface area contributed by atoms with Gasteiger partial charge < -0.3 is 15.2 Å². The summed E-state index contributed by atoms with van der Waals surface area (Å²) in [5, 5.41) is 12.7. The molecule has 1 atom stereocenters. The van der Waals surface area contributed by atoms with Crippen molar-refractivity contribution in [3.63, 3.8) is 0 Å². The fourth-order valence-electron chi connectivity index (χ4n) is 2.21. The summed E-state index contributed by atoms with van der Waals surface area (Å²) in [6, 6.07) is 4.41. The maximum Gasteiger partial charge on any atom is 0.147 e. The van der Waals surface area contributed by atoms with Crippen molar-refractivity contribution in [2.45, 2.75) is 46.7 Å². The summed E-state index contributed by atoms with van der Waals surface area (Å²) in [5.41, 5.74) is 1.28. The van der Waals surface area contributed by atoms with E-state index in [4.69, 9.17) is 4.74 Å². The van der Waals surface area contributed by atoms with E-state index in [2.05, 4.69) is 70.1 Å². The van der Waals surface area contributed by atoms with E-state index in [0.717, 1.165) is 27.7 Å². The molecular weight excluding hydrogens is 398 g/mol. The van der Waals surface area contributed by atoms with Crippen LogP contribution in [0.1, 0.15) is 39.7 Å². The number of aliphatic hydroxyl groups is 1. The quantitative estimate of drug-likeness (QED) is 0.679. The first-order valence-corrected chi connectivity index (χ1v) is 8.83. The smallest absolute Gasteiger partial charge is 0.147 e. The van der Waals surface area contributed by atoms with E-state index in [1.165, 1.54) is 5.56 Å². The van der Waals surface area contributed by atoms with Gasteiger partial charge in [-0.2, -0.15) is 0 Å². The zero-order valence-electron chi connectivity index (χ0n) is 13.2. The zero-order chi connectivity index (χ0) is 16.0. The topological polar surface area (TPSA) is 41.5 Å². The molecule has 0 aliphatic carbocycles. The van der Waals surface area contributed by atoms with Gasteiger partial charge in [-0.25, -0.2) is 0 Å². The van der Waals surface area contributed by atoms with Gasteiger partial charge in [-0.1, -0.05) is 20.8 Å². The molecule has 0 fully saturated rings. The lowest BCUT2D eigenvalue weighted by Gasteiger charge is -2.31. The molecule has 0 aromatic heterocycles. The van der Waals surface area contributed by atoms with Crippen molar-refractivity contribution in [3.05, 3.63) is 26.6 Å². The van der Waals surface area contributed by atoms with Crippen LogP contribution in [-0.4, -0.2) is 24.4 Å². The Bertz CT molecular complexity index is 435. The van der Waals surface area contributed by atoms with E-state index in [1.807, 2.05) is 6.92 Å². The summed E-state index contributed by atoms with van der Waals surface area (Å²) in [6.07, 6.45) is 0.753. The second kappa shape index (κ2) is 8.51. The SMILES string of the molecule is CCOc1c(Br)cc(CNC(CCO)C(C)(C)C)cc1Br. The maximum absolute atomic E-state index is 9.21. The highest BCUT2D eigenvalue weighted by atomic mass is 79.9. The molecular formula is C16H25Br2NO2. The molecule has 0 aliphatic rings. The van der Waals surface area contributed by atoms with Crippen molar-refractivity contribution in [3.8, 4) is 5.75 Å². The lowest BCUT2D eigenvalue weighted by molar-refractivity contribution is 0.196. The van der Waals surface area contributed by atoms with Gasteiger partial charge in [-0.05, 0) is 68.3 Å². The molecule has 0 saturated heterocycles.